The topological polar surface area (TPSA) is 68.7 Å². The molecule has 0 radical (unpaired) electrons. The van der Waals surface area contributed by atoms with E-state index in [-0.39, 0.29) is 12.5 Å². The van der Waals surface area contributed by atoms with Crippen molar-refractivity contribution in [2.24, 2.45) is 0 Å². The Morgan fingerprint density at radius 1 is 0.868 bits per heavy atom. The first kappa shape index (κ1) is 23.7. The van der Waals surface area contributed by atoms with Gasteiger partial charge in [-0.3, -0.25) is 4.79 Å². The lowest BCUT2D eigenvalue weighted by molar-refractivity contribution is -0.135. The molecule has 6 rings (SSSR count). The third kappa shape index (κ3) is 4.57. The van der Waals surface area contributed by atoms with Gasteiger partial charge in [-0.15, -0.1) is 0 Å². The predicted molar refractivity (Wildman–Crippen MR) is 147 cm³/mol. The average Bonchev–Trinajstić information content (AvgIpc) is 2.98. The fourth-order valence-electron chi connectivity index (χ4n) is 5.01. The average molecular weight is 503 g/mol. The van der Waals surface area contributed by atoms with E-state index in [9.17, 15) is 9.59 Å². The SMILES string of the molecule is COc1ccc2cc(-c3cc(C(=O)OCC(=O)N4CCc5ccccc5C4)c4ccccc4n3)ccc2c1. The number of rotatable bonds is 5. The van der Waals surface area contributed by atoms with Crippen LogP contribution in [0, 0.1) is 0 Å². The minimum Gasteiger partial charge on any atom is -0.497 e. The second-order valence-electron chi connectivity index (χ2n) is 9.41. The standard InChI is InChI=1S/C32H26N2O4/c1-37-26-13-12-22-16-24(11-10-23(22)17-26)30-18-28(27-8-4-5-9-29(27)33-30)32(36)38-20-31(35)34-15-14-21-6-2-3-7-25(21)19-34/h2-13,16-18H,14-15,19-20H2,1H3. The van der Waals surface area contributed by atoms with Crippen LogP contribution in [0.1, 0.15) is 21.5 Å². The van der Waals surface area contributed by atoms with Gasteiger partial charge in [-0.2, -0.15) is 0 Å². The molecule has 0 spiro atoms. The lowest BCUT2D eigenvalue weighted by Gasteiger charge is -2.28. The van der Waals surface area contributed by atoms with Gasteiger partial charge < -0.3 is 14.4 Å². The lowest BCUT2D eigenvalue weighted by atomic mass is 10.00. The van der Waals surface area contributed by atoms with Gasteiger partial charge in [0.2, 0.25) is 0 Å². The van der Waals surface area contributed by atoms with Gasteiger partial charge in [0.1, 0.15) is 5.75 Å². The molecule has 0 fully saturated rings. The minimum atomic E-state index is -0.541. The Labute approximate surface area is 220 Å². The van der Waals surface area contributed by atoms with E-state index in [1.807, 2.05) is 78.9 Å². The Hall–Kier alpha value is -4.71. The lowest BCUT2D eigenvalue weighted by Crippen LogP contribution is -2.38. The van der Waals surface area contributed by atoms with Gasteiger partial charge in [0.15, 0.2) is 6.61 Å². The molecule has 0 N–H and O–H groups in total. The van der Waals surface area contributed by atoms with Gasteiger partial charge in [0, 0.05) is 24.0 Å². The van der Waals surface area contributed by atoms with Gasteiger partial charge in [-0.25, -0.2) is 9.78 Å². The van der Waals surface area contributed by atoms with Gasteiger partial charge in [-0.1, -0.05) is 60.7 Å². The van der Waals surface area contributed by atoms with Crippen LogP contribution < -0.4 is 4.74 Å². The van der Waals surface area contributed by atoms with E-state index >= 15 is 0 Å². The van der Waals surface area contributed by atoms with Crippen molar-refractivity contribution in [1.29, 1.82) is 0 Å². The molecule has 4 aromatic carbocycles. The number of para-hydroxylation sites is 1. The summed E-state index contributed by atoms with van der Waals surface area (Å²) in [6, 6.07) is 29.3. The molecule has 1 amide bonds. The van der Waals surface area contributed by atoms with Crippen molar-refractivity contribution >= 4 is 33.6 Å². The smallest absolute Gasteiger partial charge is 0.339 e. The molecule has 38 heavy (non-hydrogen) atoms. The summed E-state index contributed by atoms with van der Waals surface area (Å²) in [7, 11) is 1.65. The Morgan fingerprint density at radius 2 is 1.63 bits per heavy atom. The zero-order chi connectivity index (χ0) is 26.1. The molecule has 1 aromatic heterocycles. The number of carbonyl (C=O) groups excluding carboxylic acids is 2. The van der Waals surface area contributed by atoms with Gasteiger partial charge in [0.25, 0.3) is 5.91 Å². The molecular weight excluding hydrogens is 476 g/mol. The molecule has 0 atom stereocenters. The van der Waals surface area contributed by atoms with Crippen molar-refractivity contribution in [1.82, 2.24) is 9.88 Å². The van der Waals surface area contributed by atoms with Gasteiger partial charge in [-0.05, 0) is 58.7 Å². The molecule has 6 heteroatoms. The van der Waals surface area contributed by atoms with Crippen molar-refractivity contribution in [2.45, 2.75) is 13.0 Å². The van der Waals surface area contributed by atoms with Crippen molar-refractivity contribution in [3.63, 3.8) is 0 Å². The van der Waals surface area contributed by atoms with E-state index in [1.54, 1.807) is 18.1 Å². The molecule has 188 valence electrons. The Kier molecular flexibility index (Phi) is 6.22. The van der Waals surface area contributed by atoms with E-state index in [0.29, 0.717) is 35.2 Å². The van der Waals surface area contributed by atoms with E-state index < -0.39 is 5.97 Å². The number of nitrogens with zero attached hydrogens (tertiary/aromatic N) is 2. The summed E-state index contributed by atoms with van der Waals surface area (Å²) in [5.41, 5.74) is 5.01. The molecule has 0 saturated heterocycles. The van der Waals surface area contributed by atoms with Crippen LogP contribution in [0.5, 0.6) is 5.75 Å². The summed E-state index contributed by atoms with van der Waals surface area (Å²) in [5.74, 6) is 0.0555. The molecule has 0 saturated carbocycles. The van der Waals surface area contributed by atoms with Crippen molar-refractivity contribution in [3.8, 4) is 17.0 Å². The normalized spacial score (nSPS) is 12.8. The molecule has 5 aromatic rings. The van der Waals surface area contributed by atoms with Crippen molar-refractivity contribution in [3.05, 3.63) is 108 Å². The Balaban J connectivity index is 1.26. The van der Waals surface area contributed by atoms with Crippen LogP contribution in [0.15, 0.2) is 91.0 Å². The maximum Gasteiger partial charge on any atom is 0.339 e. The first-order chi connectivity index (χ1) is 18.6. The number of aromatic nitrogens is 1. The van der Waals surface area contributed by atoms with E-state index in [0.717, 1.165) is 34.1 Å². The number of pyridine rings is 1. The van der Waals surface area contributed by atoms with Crippen LogP contribution in [-0.2, 0) is 22.5 Å². The summed E-state index contributed by atoms with van der Waals surface area (Å²) in [5, 5.41) is 2.77. The summed E-state index contributed by atoms with van der Waals surface area (Å²) in [6.45, 7) is 0.844. The summed E-state index contributed by atoms with van der Waals surface area (Å²) in [4.78, 5) is 32.7. The molecule has 0 bridgehead atoms. The highest BCUT2D eigenvalue weighted by Gasteiger charge is 2.22. The summed E-state index contributed by atoms with van der Waals surface area (Å²) < 4.78 is 10.9. The zero-order valence-corrected chi connectivity index (χ0v) is 21.0. The zero-order valence-electron chi connectivity index (χ0n) is 21.0. The second kappa shape index (κ2) is 9.98. The number of hydrogen-bond donors (Lipinski definition) is 0. The minimum absolute atomic E-state index is 0.198. The number of fused-ring (bicyclic) bond motifs is 3. The number of amides is 1. The quantitative estimate of drug-likeness (QED) is 0.284. The largest absolute Gasteiger partial charge is 0.497 e. The molecule has 6 nitrogen and oxygen atoms in total. The molecule has 2 heterocycles. The van der Waals surface area contributed by atoms with Crippen LogP contribution in [0.4, 0.5) is 0 Å². The number of carbonyl (C=O) groups is 2. The predicted octanol–water partition coefficient (Wildman–Crippen LogP) is 5.81. The summed E-state index contributed by atoms with van der Waals surface area (Å²) in [6.07, 6.45) is 0.798. The van der Waals surface area contributed by atoms with Crippen LogP contribution in [-0.4, -0.2) is 42.0 Å². The molecule has 0 aliphatic carbocycles. The van der Waals surface area contributed by atoms with Crippen LogP contribution in [0.25, 0.3) is 32.9 Å². The van der Waals surface area contributed by atoms with Crippen LogP contribution >= 0.6 is 0 Å². The fraction of sp³-hybridized carbons (Fsp3) is 0.156. The molecule has 1 aliphatic rings. The molecular formula is C32H26N2O4. The first-order valence-electron chi connectivity index (χ1n) is 12.6. The van der Waals surface area contributed by atoms with E-state index in [2.05, 4.69) is 6.07 Å². The van der Waals surface area contributed by atoms with Crippen molar-refractivity contribution in [2.75, 3.05) is 20.3 Å². The maximum absolute atomic E-state index is 13.3. The monoisotopic (exact) mass is 502 g/mol. The third-order valence-corrected chi connectivity index (χ3v) is 7.09. The number of benzene rings is 4. The highest BCUT2D eigenvalue weighted by atomic mass is 16.5. The number of ether oxygens (including phenoxy) is 2. The molecule has 1 aliphatic heterocycles. The third-order valence-electron chi connectivity index (χ3n) is 7.09. The second-order valence-corrected chi connectivity index (χ2v) is 9.41. The van der Waals surface area contributed by atoms with E-state index in [1.165, 1.54) is 5.56 Å². The van der Waals surface area contributed by atoms with Gasteiger partial charge in [0.05, 0.1) is 23.9 Å². The van der Waals surface area contributed by atoms with E-state index in [4.69, 9.17) is 14.5 Å². The van der Waals surface area contributed by atoms with Crippen molar-refractivity contribution < 1.29 is 19.1 Å². The number of hydrogen-bond acceptors (Lipinski definition) is 5. The van der Waals surface area contributed by atoms with Crippen LogP contribution in [0.2, 0.25) is 0 Å². The van der Waals surface area contributed by atoms with Crippen LogP contribution in [0.3, 0.4) is 0 Å². The fourth-order valence-corrected chi connectivity index (χ4v) is 5.01. The maximum atomic E-state index is 13.3. The highest BCUT2D eigenvalue weighted by Crippen LogP contribution is 2.29. The molecule has 0 unspecified atom stereocenters. The Morgan fingerprint density at radius 3 is 2.50 bits per heavy atom. The number of esters is 1. The van der Waals surface area contributed by atoms with Gasteiger partial charge >= 0.3 is 5.97 Å². The summed E-state index contributed by atoms with van der Waals surface area (Å²) >= 11 is 0. The first-order valence-corrected chi connectivity index (χ1v) is 12.6. The number of methoxy groups -OCH3 is 1. The highest BCUT2D eigenvalue weighted by molar-refractivity contribution is 6.05. The Bertz CT molecular complexity index is 1690.